The molecule has 0 fully saturated rings. The number of para-hydroxylation sites is 1. The van der Waals surface area contributed by atoms with Crippen LogP contribution in [0.2, 0.25) is 0 Å². The maximum absolute atomic E-state index is 12.2. The number of methoxy groups -OCH3 is 1. The number of nitrogens with one attached hydrogen (secondary N) is 1. The Morgan fingerprint density at radius 3 is 2.63 bits per heavy atom. The van der Waals surface area contributed by atoms with Crippen LogP contribution in [0.25, 0.3) is 11.4 Å². The summed E-state index contributed by atoms with van der Waals surface area (Å²) in [6, 6.07) is 15.8. The molecule has 0 saturated heterocycles. The van der Waals surface area contributed by atoms with Crippen LogP contribution in [0, 0.1) is 6.92 Å². The highest BCUT2D eigenvalue weighted by Gasteiger charge is 2.13. The fraction of sp³-hybridized carbons (Fsp3) is 0.250. The minimum Gasteiger partial charge on any atom is -0.496 e. The lowest BCUT2D eigenvalue weighted by Gasteiger charge is -2.09. The monoisotopic (exact) mass is 382 g/mol. The number of rotatable bonds is 7. The SMILES string of the molecule is COc1ccccc1CNC(=O)CSc1nnc(-c2ccc(C)cc2)n1C. The summed E-state index contributed by atoms with van der Waals surface area (Å²) >= 11 is 1.36. The van der Waals surface area contributed by atoms with Gasteiger partial charge in [-0.1, -0.05) is 59.8 Å². The molecule has 27 heavy (non-hydrogen) atoms. The molecule has 1 amide bonds. The standard InChI is InChI=1S/C20H22N4O2S/c1-14-8-10-15(11-9-14)19-22-23-20(24(19)2)27-13-18(25)21-12-16-6-4-5-7-17(16)26-3/h4-11H,12-13H2,1-3H3,(H,21,25). The molecular formula is C20H22N4O2S. The van der Waals surface area contributed by atoms with Crippen LogP contribution in [0.4, 0.5) is 0 Å². The van der Waals surface area contributed by atoms with Crippen LogP contribution in [0.3, 0.4) is 0 Å². The molecule has 3 rings (SSSR count). The molecule has 7 heteroatoms. The molecule has 0 unspecified atom stereocenters. The molecule has 0 bridgehead atoms. The van der Waals surface area contributed by atoms with E-state index in [-0.39, 0.29) is 11.7 Å². The van der Waals surface area contributed by atoms with E-state index in [1.807, 2.05) is 67.1 Å². The number of benzene rings is 2. The molecule has 1 aromatic heterocycles. The highest BCUT2D eigenvalue weighted by Crippen LogP contribution is 2.23. The van der Waals surface area contributed by atoms with Gasteiger partial charge in [0.15, 0.2) is 11.0 Å². The van der Waals surface area contributed by atoms with Gasteiger partial charge in [-0.3, -0.25) is 4.79 Å². The zero-order chi connectivity index (χ0) is 19.2. The number of aromatic nitrogens is 3. The smallest absolute Gasteiger partial charge is 0.230 e. The third kappa shape index (κ3) is 4.68. The zero-order valence-corrected chi connectivity index (χ0v) is 16.4. The Kier molecular flexibility index (Phi) is 6.13. The van der Waals surface area contributed by atoms with Gasteiger partial charge in [-0.2, -0.15) is 0 Å². The van der Waals surface area contributed by atoms with E-state index in [4.69, 9.17) is 4.74 Å². The normalized spacial score (nSPS) is 10.6. The lowest BCUT2D eigenvalue weighted by atomic mass is 10.1. The fourth-order valence-electron chi connectivity index (χ4n) is 2.62. The van der Waals surface area contributed by atoms with Gasteiger partial charge in [0, 0.05) is 24.7 Å². The summed E-state index contributed by atoms with van der Waals surface area (Å²) in [6.45, 7) is 2.47. The molecule has 0 aliphatic rings. The van der Waals surface area contributed by atoms with Crippen molar-refractivity contribution >= 4 is 17.7 Å². The summed E-state index contributed by atoms with van der Waals surface area (Å²) in [5, 5.41) is 12.1. The largest absolute Gasteiger partial charge is 0.496 e. The van der Waals surface area contributed by atoms with Crippen molar-refractivity contribution < 1.29 is 9.53 Å². The van der Waals surface area contributed by atoms with Crippen LogP contribution in [0.15, 0.2) is 53.7 Å². The highest BCUT2D eigenvalue weighted by atomic mass is 32.2. The third-order valence-corrected chi connectivity index (χ3v) is 5.17. The fourth-order valence-corrected chi connectivity index (χ4v) is 3.36. The maximum Gasteiger partial charge on any atom is 0.230 e. The third-order valence-electron chi connectivity index (χ3n) is 4.15. The predicted octanol–water partition coefficient (Wildman–Crippen LogP) is 3.21. The Balaban J connectivity index is 1.57. The van der Waals surface area contributed by atoms with Gasteiger partial charge in [0.05, 0.1) is 12.9 Å². The van der Waals surface area contributed by atoms with E-state index in [0.717, 1.165) is 22.7 Å². The van der Waals surface area contributed by atoms with Gasteiger partial charge in [0.25, 0.3) is 0 Å². The van der Waals surface area contributed by atoms with E-state index < -0.39 is 0 Å². The molecule has 140 valence electrons. The van der Waals surface area contributed by atoms with Gasteiger partial charge in [-0.15, -0.1) is 10.2 Å². The first-order valence-corrected chi connectivity index (χ1v) is 9.55. The molecule has 1 N–H and O–H groups in total. The number of hydrogen-bond acceptors (Lipinski definition) is 5. The summed E-state index contributed by atoms with van der Waals surface area (Å²) < 4.78 is 7.20. The van der Waals surface area contributed by atoms with E-state index in [1.54, 1.807) is 7.11 Å². The molecule has 3 aromatic rings. The van der Waals surface area contributed by atoms with Crippen molar-refractivity contribution in [3.05, 3.63) is 59.7 Å². The second-order valence-electron chi connectivity index (χ2n) is 6.11. The second kappa shape index (κ2) is 8.73. The number of hydrogen-bond donors (Lipinski definition) is 1. The van der Waals surface area contributed by atoms with Gasteiger partial charge < -0.3 is 14.6 Å². The first-order chi connectivity index (χ1) is 13.1. The minimum atomic E-state index is -0.0641. The summed E-state index contributed by atoms with van der Waals surface area (Å²) in [6.07, 6.45) is 0. The number of aryl methyl sites for hydroxylation is 1. The molecule has 0 aliphatic carbocycles. The van der Waals surface area contributed by atoms with Gasteiger partial charge in [-0.25, -0.2) is 0 Å². The molecule has 0 saturated carbocycles. The van der Waals surface area contributed by atoms with Crippen molar-refractivity contribution in [1.82, 2.24) is 20.1 Å². The average Bonchev–Trinajstić information content (AvgIpc) is 3.06. The van der Waals surface area contributed by atoms with Crippen molar-refractivity contribution in [3.8, 4) is 17.1 Å². The highest BCUT2D eigenvalue weighted by molar-refractivity contribution is 7.99. The van der Waals surface area contributed by atoms with E-state index in [9.17, 15) is 4.79 Å². The quantitative estimate of drug-likeness (QED) is 0.636. The molecular weight excluding hydrogens is 360 g/mol. The zero-order valence-electron chi connectivity index (χ0n) is 15.6. The summed E-state index contributed by atoms with van der Waals surface area (Å²) in [5.41, 5.74) is 3.14. The van der Waals surface area contributed by atoms with Crippen molar-refractivity contribution in [2.75, 3.05) is 12.9 Å². The molecule has 2 aromatic carbocycles. The Labute approximate surface area is 163 Å². The number of thioether (sulfide) groups is 1. The average molecular weight is 382 g/mol. The number of nitrogens with zero attached hydrogens (tertiary/aromatic N) is 3. The van der Waals surface area contributed by atoms with Crippen LogP contribution in [-0.2, 0) is 18.4 Å². The molecule has 0 aliphatic heterocycles. The van der Waals surface area contributed by atoms with E-state index in [1.165, 1.54) is 17.3 Å². The lowest BCUT2D eigenvalue weighted by molar-refractivity contribution is -0.118. The maximum atomic E-state index is 12.2. The van der Waals surface area contributed by atoms with Crippen molar-refractivity contribution in [2.24, 2.45) is 7.05 Å². The lowest BCUT2D eigenvalue weighted by Crippen LogP contribution is -2.25. The molecule has 0 atom stereocenters. The van der Waals surface area contributed by atoms with Gasteiger partial charge in [-0.05, 0) is 13.0 Å². The summed E-state index contributed by atoms with van der Waals surface area (Å²) in [5.74, 6) is 1.76. The van der Waals surface area contributed by atoms with E-state index in [2.05, 4.69) is 15.5 Å². The topological polar surface area (TPSA) is 69.0 Å². The molecule has 1 heterocycles. The van der Waals surface area contributed by atoms with E-state index in [0.29, 0.717) is 11.7 Å². The molecule has 0 spiro atoms. The van der Waals surface area contributed by atoms with Crippen LogP contribution in [0.1, 0.15) is 11.1 Å². The van der Waals surface area contributed by atoms with Crippen molar-refractivity contribution in [2.45, 2.75) is 18.6 Å². The van der Waals surface area contributed by atoms with Crippen molar-refractivity contribution in [1.29, 1.82) is 0 Å². The minimum absolute atomic E-state index is 0.0641. The predicted molar refractivity (Wildman–Crippen MR) is 107 cm³/mol. The summed E-state index contributed by atoms with van der Waals surface area (Å²) in [7, 11) is 3.53. The Morgan fingerprint density at radius 2 is 1.89 bits per heavy atom. The van der Waals surface area contributed by atoms with Crippen LogP contribution >= 0.6 is 11.8 Å². The van der Waals surface area contributed by atoms with Crippen molar-refractivity contribution in [3.63, 3.8) is 0 Å². The van der Waals surface area contributed by atoms with Gasteiger partial charge in [0.1, 0.15) is 5.75 Å². The van der Waals surface area contributed by atoms with Gasteiger partial charge >= 0.3 is 0 Å². The number of amides is 1. The Bertz CT molecular complexity index is 922. The first kappa shape index (κ1) is 19.0. The Hall–Kier alpha value is -2.80. The second-order valence-corrected chi connectivity index (χ2v) is 7.05. The van der Waals surface area contributed by atoms with Gasteiger partial charge in [0.2, 0.25) is 5.91 Å². The Morgan fingerprint density at radius 1 is 1.15 bits per heavy atom. The van der Waals surface area contributed by atoms with Crippen LogP contribution in [-0.4, -0.2) is 33.5 Å². The summed E-state index contributed by atoms with van der Waals surface area (Å²) in [4.78, 5) is 12.2. The number of carbonyl (C=O) groups is 1. The van der Waals surface area contributed by atoms with Crippen LogP contribution in [0.5, 0.6) is 5.75 Å². The number of carbonyl (C=O) groups excluding carboxylic acids is 1. The molecule has 0 radical (unpaired) electrons. The first-order valence-electron chi connectivity index (χ1n) is 8.56. The van der Waals surface area contributed by atoms with Crippen LogP contribution < -0.4 is 10.1 Å². The number of ether oxygens (including phenoxy) is 1. The molecule has 6 nitrogen and oxygen atoms in total. The van der Waals surface area contributed by atoms with E-state index >= 15 is 0 Å².